The van der Waals surface area contributed by atoms with Crippen molar-refractivity contribution >= 4 is 11.5 Å². The van der Waals surface area contributed by atoms with Gasteiger partial charge in [0.1, 0.15) is 11.4 Å². The van der Waals surface area contributed by atoms with E-state index >= 15 is 0 Å². The summed E-state index contributed by atoms with van der Waals surface area (Å²) in [6.45, 7) is 3.92. The highest BCUT2D eigenvalue weighted by atomic mass is 16.5. The van der Waals surface area contributed by atoms with Crippen molar-refractivity contribution in [1.29, 1.82) is 0 Å². The SMILES string of the molecule is CCOc1ccc(N2C[C@@](O)(c3ccc(OC)c(OC)c3)[N+]3=C2CCCCC3)cc1. The fourth-order valence-electron chi connectivity index (χ4n) is 4.53. The van der Waals surface area contributed by atoms with Crippen LogP contribution < -0.4 is 19.1 Å². The second kappa shape index (κ2) is 8.56. The van der Waals surface area contributed by atoms with Gasteiger partial charge < -0.3 is 19.3 Å². The molecule has 0 aliphatic carbocycles. The standard InChI is InChI=1S/C24H31N2O4/c1-4-30-20-12-10-19(11-13-20)25-17-24(27,26-15-7-5-6-8-23(25)26)18-9-14-21(28-2)22(16-18)29-3/h9-14,16,27H,4-8,15,17H2,1-3H3/q+1/t24-/m1/s1. The van der Waals surface area contributed by atoms with Gasteiger partial charge >= 0.3 is 0 Å². The molecule has 4 rings (SSSR count). The molecule has 2 aliphatic rings. The Balaban J connectivity index is 1.75. The van der Waals surface area contributed by atoms with Crippen LogP contribution in [0.2, 0.25) is 0 Å². The second-order valence-corrected chi connectivity index (χ2v) is 7.78. The molecule has 0 fully saturated rings. The van der Waals surface area contributed by atoms with E-state index in [4.69, 9.17) is 14.2 Å². The summed E-state index contributed by atoms with van der Waals surface area (Å²) in [6.07, 6.45) is 4.31. The number of hydrogen-bond acceptors (Lipinski definition) is 5. The quantitative estimate of drug-likeness (QED) is 0.734. The Morgan fingerprint density at radius 2 is 1.77 bits per heavy atom. The average Bonchev–Trinajstić information content (AvgIpc) is 2.92. The van der Waals surface area contributed by atoms with E-state index in [0.717, 1.165) is 42.8 Å². The van der Waals surface area contributed by atoms with Crippen molar-refractivity contribution in [3.63, 3.8) is 0 Å². The maximum Gasteiger partial charge on any atom is 0.271 e. The van der Waals surface area contributed by atoms with Gasteiger partial charge in [0.25, 0.3) is 11.6 Å². The maximum atomic E-state index is 12.0. The fourth-order valence-corrected chi connectivity index (χ4v) is 4.53. The molecule has 0 aromatic heterocycles. The van der Waals surface area contributed by atoms with E-state index in [9.17, 15) is 5.11 Å². The lowest BCUT2D eigenvalue weighted by molar-refractivity contribution is -0.658. The monoisotopic (exact) mass is 411 g/mol. The van der Waals surface area contributed by atoms with Crippen molar-refractivity contribution < 1.29 is 23.9 Å². The zero-order valence-corrected chi connectivity index (χ0v) is 18.1. The molecule has 0 unspecified atom stereocenters. The lowest BCUT2D eigenvalue weighted by Crippen LogP contribution is -2.41. The minimum atomic E-state index is -1.13. The van der Waals surface area contributed by atoms with Gasteiger partial charge in [0.05, 0.1) is 27.4 Å². The number of ether oxygens (including phenoxy) is 3. The third-order valence-corrected chi connectivity index (χ3v) is 6.04. The molecule has 0 radical (unpaired) electrons. The van der Waals surface area contributed by atoms with Gasteiger partial charge in [-0.2, -0.15) is 0 Å². The number of hydrogen-bond donors (Lipinski definition) is 1. The van der Waals surface area contributed by atoms with E-state index in [2.05, 4.69) is 21.6 Å². The molecule has 1 atom stereocenters. The summed E-state index contributed by atoms with van der Waals surface area (Å²) in [5.74, 6) is 3.32. The van der Waals surface area contributed by atoms with Crippen LogP contribution in [0.1, 0.15) is 38.2 Å². The van der Waals surface area contributed by atoms with Gasteiger partial charge in [-0.25, -0.2) is 9.48 Å². The van der Waals surface area contributed by atoms with Gasteiger partial charge in [-0.3, -0.25) is 0 Å². The fraction of sp³-hybridized carbons (Fsp3) is 0.458. The number of aliphatic hydroxyl groups is 1. The molecule has 160 valence electrons. The van der Waals surface area contributed by atoms with Gasteiger partial charge in [-0.1, -0.05) is 0 Å². The predicted octanol–water partition coefficient (Wildman–Crippen LogP) is 3.75. The van der Waals surface area contributed by atoms with Crippen LogP contribution in [0.5, 0.6) is 17.2 Å². The number of rotatable bonds is 6. The van der Waals surface area contributed by atoms with E-state index < -0.39 is 5.72 Å². The molecule has 0 saturated carbocycles. The Bertz CT molecular complexity index is 925. The van der Waals surface area contributed by atoms with Crippen LogP contribution in [0.15, 0.2) is 42.5 Å². The normalized spacial score (nSPS) is 21.3. The average molecular weight is 412 g/mol. The molecule has 2 aromatic carbocycles. The van der Waals surface area contributed by atoms with Crippen molar-refractivity contribution in [2.45, 2.75) is 38.3 Å². The molecule has 2 aliphatic heterocycles. The Kier molecular flexibility index (Phi) is 5.86. The lowest BCUT2D eigenvalue weighted by atomic mass is 10.0. The molecule has 1 N–H and O–H groups in total. The number of benzene rings is 2. The molecule has 30 heavy (non-hydrogen) atoms. The zero-order valence-electron chi connectivity index (χ0n) is 18.1. The summed E-state index contributed by atoms with van der Waals surface area (Å²) in [5, 5.41) is 12.0. The number of methoxy groups -OCH3 is 2. The van der Waals surface area contributed by atoms with E-state index in [1.54, 1.807) is 14.2 Å². The topological polar surface area (TPSA) is 54.2 Å². The molecule has 0 spiro atoms. The Labute approximate surface area is 178 Å². The number of amidine groups is 1. The Hall–Kier alpha value is -2.73. The van der Waals surface area contributed by atoms with Gasteiger partial charge in [0, 0.05) is 12.0 Å². The Morgan fingerprint density at radius 1 is 1.00 bits per heavy atom. The van der Waals surface area contributed by atoms with E-state index in [0.29, 0.717) is 24.7 Å². The lowest BCUT2D eigenvalue weighted by Gasteiger charge is -2.24. The van der Waals surface area contributed by atoms with E-state index in [1.165, 1.54) is 12.3 Å². The smallest absolute Gasteiger partial charge is 0.271 e. The van der Waals surface area contributed by atoms with Crippen LogP contribution >= 0.6 is 0 Å². The number of anilines is 1. The van der Waals surface area contributed by atoms with Gasteiger partial charge in [0.2, 0.25) is 0 Å². The number of β-amino-alcohol motifs (C(OH)–C–C–N with tert-alkyl or cyclic N) is 1. The molecule has 0 saturated heterocycles. The first-order chi connectivity index (χ1) is 14.6. The van der Waals surface area contributed by atoms with Crippen LogP contribution in [0.4, 0.5) is 5.69 Å². The highest BCUT2D eigenvalue weighted by molar-refractivity contribution is 5.96. The third kappa shape index (κ3) is 3.60. The van der Waals surface area contributed by atoms with Crippen molar-refractivity contribution in [1.82, 2.24) is 0 Å². The van der Waals surface area contributed by atoms with Crippen LogP contribution in [0, 0.1) is 0 Å². The Morgan fingerprint density at radius 3 is 2.47 bits per heavy atom. The third-order valence-electron chi connectivity index (χ3n) is 6.04. The predicted molar refractivity (Wildman–Crippen MR) is 117 cm³/mol. The first kappa shape index (κ1) is 20.5. The van der Waals surface area contributed by atoms with Crippen molar-refractivity contribution in [3.05, 3.63) is 48.0 Å². The van der Waals surface area contributed by atoms with E-state index in [1.807, 2.05) is 37.3 Å². The van der Waals surface area contributed by atoms with Crippen molar-refractivity contribution in [2.24, 2.45) is 0 Å². The molecule has 2 aromatic rings. The molecule has 2 heterocycles. The minimum Gasteiger partial charge on any atom is -0.494 e. The minimum absolute atomic E-state index is 0.464. The summed E-state index contributed by atoms with van der Waals surface area (Å²) < 4.78 is 18.7. The van der Waals surface area contributed by atoms with Crippen LogP contribution in [0.25, 0.3) is 0 Å². The van der Waals surface area contributed by atoms with Crippen molar-refractivity contribution in [2.75, 3.05) is 38.8 Å². The van der Waals surface area contributed by atoms with Crippen LogP contribution in [-0.4, -0.2) is 49.4 Å². The van der Waals surface area contributed by atoms with Gasteiger partial charge in [0.15, 0.2) is 18.0 Å². The van der Waals surface area contributed by atoms with Gasteiger partial charge in [-0.15, -0.1) is 0 Å². The second-order valence-electron chi connectivity index (χ2n) is 7.78. The highest BCUT2D eigenvalue weighted by Crippen LogP contribution is 2.39. The summed E-state index contributed by atoms with van der Waals surface area (Å²) >= 11 is 0. The summed E-state index contributed by atoms with van der Waals surface area (Å²) in [4.78, 5) is 2.25. The molecule has 6 nitrogen and oxygen atoms in total. The molecule has 6 heteroatoms. The first-order valence-electron chi connectivity index (χ1n) is 10.7. The number of nitrogens with zero attached hydrogens (tertiary/aromatic N) is 2. The summed E-state index contributed by atoms with van der Waals surface area (Å²) in [7, 11) is 3.24. The molecular formula is C24H31N2O4+. The maximum absolute atomic E-state index is 12.0. The summed E-state index contributed by atoms with van der Waals surface area (Å²) in [5.41, 5.74) is 0.752. The largest absolute Gasteiger partial charge is 0.494 e. The van der Waals surface area contributed by atoms with Crippen LogP contribution in [-0.2, 0) is 5.72 Å². The zero-order chi connectivity index (χ0) is 21.1. The van der Waals surface area contributed by atoms with Crippen molar-refractivity contribution in [3.8, 4) is 17.2 Å². The molecule has 0 amide bonds. The summed E-state index contributed by atoms with van der Waals surface area (Å²) in [6, 6.07) is 13.8. The van der Waals surface area contributed by atoms with Gasteiger partial charge in [-0.05, 0) is 68.7 Å². The first-order valence-corrected chi connectivity index (χ1v) is 10.7. The van der Waals surface area contributed by atoms with E-state index in [-0.39, 0.29) is 0 Å². The molecule has 0 bridgehead atoms. The molecular weight excluding hydrogens is 380 g/mol. The van der Waals surface area contributed by atoms with Crippen LogP contribution in [0.3, 0.4) is 0 Å². The highest BCUT2D eigenvalue weighted by Gasteiger charge is 2.52.